The molecule has 1 atom stereocenters. The van der Waals surface area contributed by atoms with Gasteiger partial charge in [-0.25, -0.2) is 9.78 Å². The van der Waals surface area contributed by atoms with Gasteiger partial charge in [0.05, 0.1) is 25.2 Å². The number of para-hydroxylation sites is 1. The number of carbonyl (C=O) groups is 1. The predicted molar refractivity (Wildman–Crippen MR) is 108 cm³/mol. The molecule has 0 bridgehead atoms. The van der Waals surface area contributed by atoms with Crippen LogP contribution in [-0.4, -0.2) is 40.2 Å². The second kappa shape index (κ2) is 8.46. The van der Waals surface area contributed by atoms with Gasteiger partial charge in [0.25, 0.3) is 0 Å². The fourth-order valence-electron chi connectivity index (χ4n) is 3.31. The smallest absolute Gasteiger partial charge is 0.317 e. The standard InChI is InChI=1S/C21H21ClN4O2/c22-18-7-5-16(6-8-18)20-14-25(11-12-28-20)21(27)24-13-17-3-1-2-4-19(17)26-10-9-23-15-26/h1-10,15,20H,11-14H2,(H,24,27). The van der Waals surface area contributed by atoms with Crippen LogP contribution < -0.4 is 5.32 Å². The number of morpholine rings is 1. The molecule has 28 heavy (non-hydrogen) atoms. The van der Waals surface area contributed by atoms with Crippen LogP contribution in [0.3, 0.4) is 0 Å². The Hall–Kier alpha value is -2.83. The van der Waals surface area contributed by atoms with Gasteiger partial charge in [-0.15, -0.1) is 0 Å². The summed E-state index contributed by atoms with van der Waals surface area (Å²) < 4.78 is 7.78. The highest BCUT2D eigenvalue weighted by Crippen LogP contribution is 2.24. The van der Waals surface area contributed by atoms with Crippen molar-refractivity contribution in [1.82, 2.24) is 19.8 Å². The third-order valence-corrected chi connectivity index (χ3v) is 5.05. The summed E-state index contributed by atoms with van der Waals surface area (Å²) in [6.45, 7) is 2.03. The lowest BCUT2D eigenvalue weighted by Crippen LogP contribution is -2.47. The molecule has 3 aromatic rings. The maximum absolute atomic E-state index is 12.7. The summed E-state index contributed by atoms with van der Waals surface area (Å²) in [7, 11) is 0. The normalized spacial score (nSPS) is 16.8. The summed E-state index contributed by atoms with van der Waals surface area (Å²) in [6, 6.07) is 15.4. The molecule has 0 saturated carbocycles. The zero-order valence-corrected chi connectivity index (χ0v) is 16.0. The van der Waals surface area contributed by atoms with Gasteiger partial charge in [-0.2, -0.15) is 0 Å². The van der Waals surface area contributed by atoms with E-state index in [9.17, 15) is 4.79 Å². The quantitative estimate of drug-likeness (QED) is 0.729. The van der Waals surface area contributed by atoms with Crippen LogP contribution in [0.1, 0.15) is 17.2 Å². The lowest BCUT2D eigenvalue weighted by molar-refractivity contribution is -0.0154. The van der Waals surface area contributed by atoms with Crippen LogP contribution in [0.25, 0.3) is 5.69 Å². The molecule has 7 heteroatoms. The number of ether oxygens (including phenoxy) is 1. The zero-order chi connectivity index (χ0) is 19.3. The average Bonchev–Trinajstić information content (AvgIpc) is 3.27. The molecule has 6 nitrogen and oxygen atoms in total. The predicted octanol–water partition coefficient (Wildman–Crippen LogP) is 3.81. The van der Waals surface area contributed by atoms with Gasteiger partial charge in [-0.05, 0) is 29.3 Å². The topological polar surface area (TPSA) is 59.4 Å². The fraction of sp³-hybridized carbons (Fsp3) is 0.238. The molecule has 1 fully saturated rings. The molecule has 0 aliphatic carbocycles. The molecule has 4 rings (SSSR count). The first-order chi connectivity index (χ1) is 13.7. The molecule has 1 aromatic heterocycles. The van der Waals surface area contributed by atoms with Gasteiger partial charge < -0.3 is 19.5 Å². The molecule has 2 amide bonds. The van der Waals surface area contributed by atoms with Crippen molar-refractivity contribution in [3.05, 3.63) is 83.4 Å². The maximum atomic E-state index is 12.7. The number of rotatable bonds is 4. The molecule has 1 N–H and O–H groups in total. The third kappa shape index (κ3) is 4.18. The van der Waals surface area contributed by atoms with Gasteiger partial charge in [-0.1, -0.05) is 41.9 Å². The average molecular weight is 397 g/mol. The van der Waals surface area contributed by atoms with Crippen molar-refractivity contribution in [2.24, 2.45) is 0 Å². The number of benzene rings is 2. The molecular formula is C21H21ClN4O2. The molecular weight excluding hydrogens is 376 g/mol. The SMILES string of the molecule is O=C(NCc1ccccc1-n1ccnc1)N1CCOC(c2ccc(Cl)cc2)C1. The molecule has 0 radical (unpaired) electrons. The maximum Gasteiger partial charge on any atom is 0.317 e. The summed E-state index contributed by atoms with van der Waals surface area (Å²) in [6.07, 6.45) is 5.23. The highest BCUT2D eigenvalue weighted by atomic mass is 35.5. The van der Waals surface area contributed by atoms with Crippen molar-refractivity contribution in [2.75, 3.05) is 19.7 Å². The fourth-order valence-corrected chi connectivity index (χ4v) is 3.44. The summed E-state index contributed by atoms with van der Waals surface area (Å²) >= 11 is 5.96. The number of amides is 2. The van der Waals surface area contributed by atoms with Crippen molar-refractivity contribution in [3.63, 3.8) is 0 Å². The van der Waals surface area contributed by atoms with Crippen LogP contribution in [0, 0.1) is 0 Å². The van der Waals surface area contributed by atoms with Crippen LogP contribution >= 0.6 is 11.6 Å². The van der Waals surface area contributed by atoms with Gasteiger partial charge >= 0.3 is 6.03 Å². The Morgan fingerprint density at radius 1 is 1.21 bits per heavy atom. The second-order valence-corrected chi connectivity index (χ2v) is 7.05. The van der Waals surface area contributed by atoms with E-state index in [1.807, 2.05) is 59.3 Å². The Kier molecular flexibility index (Phi) is 5.60. The van der Waals surface area contributed by atoms with Gasteiger partial charge in [0.15, 0.2) is 0 Å². The van der Waals surface area contributed by atoms with Crippen LogP contribution in [0.15, 0.2) is 67.3 Å². The monoisotopic (exact) mass is 396 g/mol. The van der Waals surface area contributed by atoms with Crippen LogP contribution in [-0.2, 0) is 11.3 Å². The second-order valence-electron chi connectivity index (χ2n) is 6.61. The molecule has 1 saturated heterocycles. The number of nitrogens with zero attached hydrogens (tertiary/aromatic N) is 3. The van der Waals surface area contributed by atoms with E-state index in [1.54, 1.807) is 17.4 Å². The van der Waals surface area contributed by atoms with E-state index >= 15 is 0 Å². The summed E-state index contributed by atoms with van der Waals surface area (Å²) in [5.41, 5.74) is 3.05. The minimum atomic E-state index is -0.144. The minimum absolute atomic E-state index is 0.0947. The summed E-state index contributed by atoms with van der Waals surface area (Å²) in [5.74, 6) is 0. The van der Waals surface area contributed by atoms with Gasteiger partial charge in [0, 0.05) is 30.5 Å². The molecule has 0 spiro atoms. The van der Waals surface area contributed by atoms with Crippen molar-refractivity contribution >= 4 is 17.6 Å². The van der Waals surface area contributed by atoms with Crippen molar-refractivity contribution in [2.45, 2.75) is 12.6 Å². The highest BCUT2D eigenvalue weighted by Gasteiger charge is 2.25. The Balaban J connectivity index is 1.40. The number of halogens is 1. The molecule has 1 unspecified atom stereocenters. The van der Waals surface area contributed by atoms with E-state index in [0.29, 0.717) is 31.3 Å². The largest absolute Gasteiger partial charge is 0.370 e. The summed E-state index contributed by atoms with van der Waals surface area (Å²) in [5, 5.41) is 3.71. The van der Waals surface area contributed by atoms with E-state index in [1.165, 1.54) is 0 Å². The van der Waals surface area contributed by atoms with E-state index in [2.05, 4.69) is 10.3 Å². The Morgan fingerprint density at radius 2 is 2.04 bits per heavy atom. The number of hydrogen-bond acceptors (Lipinski definition) is 3. The molecule has 144 valence electrons. The van der Waals surface area contributed by atoms with Crippen LogP contribution in [0.4, 0.5) is 4.79 Å². The van der Waals surface area contributed by atoms with Crippen molar-refractivity contribution in [3.8, 4) is 5.69 Å². The van der Waals surface area contributed by atoms with Crippen LogP contribution in [0.5, 0.6) is 0 Å². The highest BCUT2D eigenvalue weighted by molar-refractivity contribution is 6.30. The van der Waals surface area contributed by atoms with Crippen molar-refractivity contribution in [1.29, 1.82) is 0 Å². The number of imidazole rings is 1. The molecule has 1 aliphatic heterocycles. The lowest BCUT2D eigenvalue weighted by Gasteiger charge is -2.33. The number of hydrogen-bond donors (Lipinski definition) is 1. The number of carbonyl (C=O) groups excluding carboxylic acids is 1. The minimum Gasteiger partial charge on any atom is -0.370 e. The number of aromatic nitrogens is 2. The first-order valence-corrected chi connectivity index (χ1v) is 9.54. The Labute approximate surface area is 168 Å². The van der Waals surface area contributed by atoms with E-state index < -0.39 is 0 Å². The third-order valence-electron chi connectivity index (χ3n) is 4.80. The lowest BCUT2D eigenvalue weighted by atomic mass is 10.1. The van der Waals surface area contributed by atoms with E-state index in [-0.39, 0.29) is 12.1 Å². The van der Waals surface area contributed by atoms with Gasteiger partial charge in [0.2, 0.25) is 0 Å². The molecule has 2 heterocycles. The van der Waals surface area contributed by atoms with Crippen molar-refractivity contribution < 1.29 is 9.53 Å². The van der Waals surface area contributed by atoms with E-state index in [0.717, 1.165) is 16.8 Å². The van der Waals surface area contributed by atoms with E-state index in [4.69, 9.17) is 16.3 Å². The zero-order valence-electron chi connectivity index (χ0n) is 15.3. The Morgan fingerprint density at radius 3 is 2.82 bits per heavy atom. The first-order valence-electron chi connectivity index (χ1n) is 9.17. The molecule has 1 aliphatic rings. The van der Waals surface area contributed by atoms with Gasteiger partial charge in [-0.3, -0.25) is 0 Å². The number of nitrogens with one attached hydrogen (secondary N) is 1. The first kappa shape index (κ1) is 18.5. The Bertz CT molecular complexity index is 928. The number of urea groups is 1. The molecule has 2 aromatic carbocycles. The van der Waals surface area contributed by atoms with Gasteiger partial charge in [0.1, 0.15) is 6.10 Å². The summed E-state index contributed by atoms with van der Waals surface area (Å²) in [4.78, 5) is 18.6. The van der Waals surface area contributed by atoms with Crippen LogP contribution in [0.2, 0.25) is 5.02 Å².